The van der Waals surface area contributed by atoms with Gasteiger partial charge in [0, 0.05) is 23.8 Å². The zero-order valence-corrected chi connectivity index (χ0v) is 30.4. The number of rotatable bonds is 7. The smallest absolute Gasteiger partial charge is 0.408 e. The maximum atomic E-state index is 14.5. The van der Waals surface area contributed by atoms with E-state index in [4.69, 9.17) is 35.3 Å². The highest BCUT2D eigenvalue weighted by molar-refractivity contribution is 6.36. The van der Waals surface area contributed by atoms with E-state index < -0.39 is 53.6 Å². The number of esters is 2. The molecule has 6 rings (SSSR count). The van der Waals surface area contributed by atoms with Crippen molar-refractivity contribution in [3.05, 3.63) is 41.1 Å². The highest BCUT2D eigenvalue weighted by Crippen LogP contribution is 2.46. The first-order valence-electron chi connectivity index (χ1n) is 17.9. The summed E-state index contributed by atoms with van der Waals surface area (Å²) >= 11 is 6.61. The molecule has 1 aromatic heterocycles. The largest absolute Gasteiger partial charge is 0.495 e. The minimum Gasteiger partial charge on any atom is -0.495 e. The number of benzene rings is 1. The molecule has 280 valence electrons. The van der Waals surface area contributed by atoms with E-state index >= 15 is 0 Å². The Balaban J connectivity index is 1.33. The Labute approximate surface area is 306 Å². The number of ether oxygens (including phenoxy) is 5. The zero-order chi connectivity index (χ0) is 37.0. The SMILES string of the molecule is COC(=O)c1cc(O[C@@H]2C[C@H]3C(=O)N[C@]4(C(=O)OC)CC4C=CCCCCC[C@H](NC(=O)OC4CCCC4)C(=O)N3C2)c2ccc(OC)c(Cl)c2n1. The van der Waals surface area contributed by atoms with Crippen LogP contribution in [0, 0.1) is 5.92 Å². The number of aromatic nitrogens is 1. The molecule has 5 atom stereocenters. The van der Waals surface area contributed by atoms with Gasteiger partial charge in [-0.05, 0) is 63.5 Å². The van der Waals surface area contributed by atoms with Gasteiger partial charge in [-0.1, -0.05) is 36.6 Å². The van der Waals surface area contributed by atoms with Gasteiger partial charge >= 0.3 is 18.0 Å². The molecule has 1 unspecified atom stereocenters. The molecule has 1 saturated heterocycles. The van der Waals surface area contributed by atoms with Crippen LogP contribution in [0.3, 0.4) is 0 Å². The average molecular weight is 741 g/mol. The maximum Gasteiger partial charge on any atom is 0.408 e. The number of carbonyl (C=O) groups excluding carboxylic acids is 5. The highest BCUT2D eigenvalue weighted by Gasteiger charge is 2.62. The van der Waals surface area contributed by atoms with Crippen LogP contribution < -0.4 is 20.1 Å². The minimum absolute atomic E-state index is 0.0375. The predicted octanol–water partition coefficient (Wildman–Crippen LogP) is 4.64. The van der Waals surface area contributed by atoms with Crippen molar-refractivity contribution in [3.8, 4) is 11.5 Å². The molecule has 2 aliphatic heterocycles. The number of amides is 3. The first-order chi connectivity index (χ1) is 25.1. The molecule has 0 bridgehead atoms. The van der Waals surface area contributed by atoms with Gasteiger partial charge in [-0.3, -0.25) is 9.59 Å². The van der Waals surface area contributed by atoms with Gasteiger partial charge in [0.2, 0.25) is 11.8 Å². The van der Waals surface area contributed by atoms with Crippen LogP contribution in [0.1, 0.15) is 81.1 Å². The Bertz CT molecular complexity index is 1750. The molecule has 0 spiro atoms. The standard InChI is InChI=1S/C37H45ClN4O10/c1-48-28-16-15-24-29(18-26(34(45)49-2)39-31(24)30(28)38)51-23-17-27-32(43)41-37(35(46)50-3)19-21(37)11-7-5-4-6-8-14-25(33(44)42(27)20-23)40-36(47)52-22-12-9-10-13-22/h7,11,15-16,18,21-23,25,27H,4-6,8-10,12-14,17,19-20H2,1-3H3,(H,40,47)(H,41,43)/t21?,23-,25+,27+,37-/m1/s1. The summed E-state index contributed by atoms with van der Waals surface area (Å²) in [6.07, 6.45) is 9.62. The molecule has 3 heterocycles. The summed E-state index contributed by atoms with van der Waals surface area (Å²) in [5.74, 6) is -2.00. The lowest BCUT2D eigenvalue weighted by molar-refractivity contribution is -0.148. The second-order valence-electron chi connectivity index (χ2n) is 13.8. The number of methoxy groups -OCH3 is 3. The van der Waals surface area contributed by atoms with Gasteiger partial charge in [-0.15, -0.1) is 0 Å². The zero-order valence-electron chi connectivity index (χ0n) is 29.6. The van der Waals surface area contributed by atoms with E-state index in [1.807, 2.05) is 12.2 Å². The molecular formula is C37H45ClN4O10. The number of nitrogens with one attached hydrogen (secondary N) is 2. The second-order valence-corrected chi connectivity index (χ2v) is 14.2. The number of halogens is 1. The third-order valence-corrected chi connectivity index (χ3v) is 10.8. The summed E-state index contributed by atoms with van der Waals surface area (Å²) < 4.78 is 27.5. The van der Waals surface area contributed by atoms with Crippen LogP contribution in [-0.2, 0) is 28.6 Å². The third-order valence-electron chi connectivity index (χ3n) is 10.4. The van der Waals surface area contributed by atoms with Crippen LogP contribution >= 0.6 is 11.6 Å². The monoisotopic (exact) mass is 740 g/mol. The second kappa shape index (κ2) is 16.0. The van der Waals surface area contributed by atoms with Crippen molar-refractivity contribution in [1.82, 2.24) is 20.5 Å². The Morgan fingerprint density at radius 1 is 0.981 bits per heavy atom. The number of allylic oxidation sites excluding steroid dienone is 1. The molecule has 2 saturated carbocycles. The Kier molecular flexibility index (Phi) is 11.4. The van der Waals surface area contributed by atoms with Crippen LogP contribution in [0.25, 0.3) is 10.9 Å². The summed E-state index contributed by atoms with van der Waals surface area (Å²) in [6, 6.07) is 2.71. The van der Waals surface area contributed by atoms with Gasteiger partial charge in [0.15, 0.2) is 5.69 Å². The predicted molar refractivity (Wildman–Crippen MR) is 188 cm³/mol. The molecule has 2 N–H and O–H groups in total. The Morgan fingerprint density at radius 2 is 1.75 bits per heavy atom. The Hall–Kier alpha value is -4.59. The van der Waals surface area contributed by atoms with Gasteiger partial charge in [-0.2, -0.15) is 0 Å². The van der Waals surface area contributed by atoms with Gasteiger partial charge < -0.3 is 39.2 Å². The maximum absolute atomic E-state index is 14.5. The normalized spacial score (nSPS) is 26.7. The molecule has 0 radical (unpaired) electrons. The van der Waals surface area contributed by atoms with Gasteiger partial charge in [-0.25, -0.2) is 19.4 Å². The van der Waals surface area contributed by atoms with Gasteiger partial charge in [0.05, 0.1) is 33.4 Å². The fourth-order valence-electron chi connectivity index (χ4n) is 7.50. The lowest BCUT2D eigenvalue weighted by atomic mass is 10.0. The molecule has 15 heteroatoms. The molecule has 3 fully saturated rings. The highest BCUT2D eigenvalue weighted by atomic mass is 35.5. The molecule has 1 aromatic carbocycles. The van der Waals surface area contributed by atoms with E-state index in [1.165, 1.54) is 32.3 Å². The number of hydrogen-bond donors (Lipinski definition) is 2. The lowest BCUT2D eigenvalue weighted by Crippen LogP contribution is -2.56. The number of carbonyl (C=O) groups is 5. The average Bonchev–Trinajstić information content (AvgIpc) is 3.42. The van der Waals surface area contributed by atoms with Crippen molar-refractivity contribution >= 4 is 52.4 Å². The molecule has 3 amide bonds. The summed E-state index contributed by atoms with van der Waals surface area (Å²) in [4.78, 5) is 73.2. The van der Waals surface area contributed by atoms with Gasteiger partial charge in [0.25, 0.3) is 0 Å². The van der Waals surface area contributed by atoms with E-state index in [1.54, 1.807) is 12.1 Å². The lowest BCUT2D eigenvalue weighted by Gasteiger charge is -2.29. The number of nitrogens with zero attached hydrogens (tertiary/aromatic N) is 2. The first-order valence-corrected chi connectivity index (χ1v) is 18.2. The van der Waals surface area contributed by atoms with E-state index in [9.17, 15) is 24.0 Å². The van der Waals surface area contributed by atoms with Crippen molar-refractivity contribution in [3.63, 3.8) is 0 Å². The van der Waals surface area contributed by atoms with Crippen molar-refractivity contribution in [1.29, 1.82) is 0 Å². The fraction of sp³-hybridized carbons (Fsp3) is 0.568. The third kappa shape index (κ3) is 7.76. The van der Waals surface area contributed by atoms with Crippen LogP contribution in [-0.4, -0.2) is 97.4 Å². The molecule has 2 aliphatic carbocycles. The molecule has 14 nitrogen and oxygen atoms in total. The quantitative estimate of drug-likeness (QED) is 0.230. The van der Waals surface area contributed by atoms with Crippen LogP contribution in [0.4, 0.5) is 4.79 Å². The van der Waals surface area contributed by atoms with Crippen molar-refractivity contribution < 1.29 is 47.7 Å². The topological polar surface area (TPSA) is 172 Å². The number of alkyl carbamates (subject to hydrolysis) is 1. The van der Waals surface area contributed by atoms with Crippen LogP contribution in [0.15, 0.2) is 30.4 Å². The molecule has 2 aromatic rings. The summed E-state index contributed by atoms with van der Waals surface area (Å²) in [6.45, 7) is -0.0391. The van der Waals surface area contributed by atoms with E-state index in [-0.39, 0.29) is 47.0 Å². The molecule has 52 heavy (non-hydrogen) atoms. The summed E-state index contributed by atoms with van der Waals surface area (Å²) in [5, 5.41) is 6.34. The number of pyridine rings is 1. The van der Waals surface area contributed by atoms with E-state index in [0.29, 0.717) is 30.4 Å². The van der Waals surface area contributed by atoms with Gasteiger partial charge in [0.1, 0.15) is 46.4 Å². The van der Waals surface area contributed by atoms with Crippen LogP contribution in [0.2, 0.25) is 5.02 Å². The Morgan fingerprint density at radius 3 is 2.48 bits per heavy atom. The minimum atomic E-state index is -1.26. The van der Waals surface area contributed by atoms with Crippen molar-refractivity contribution in [2.45, 2.75) is 100 Å². The number of hydrogen-bond acceptors (Lipinski definition) is 11. The van der Waals surface area contributed by atoms with Crippen molar-refractivity contribution in [2.75, 3.05) is 27.9 Å². The molecular weight excluding hydrogens is 696 g/mol. The van der Waals surface area contributed by atoms with E-state index in [2.05, 4.69) is 15.6 Å². The van der Waals surface area contributed by atoms with Crippen LogP contribution in [0.5, 0.6) is 11.5 Å². The van der Waals surface area contributed by atoms with Crippen molar-refractivity contribution in [2.24, 2.45) is 5.92 Å². The summed E-state index contributed by atoms with van der Waals surface area (Å²) in [5.41, 5.74) is -1.09. The fourth-order valence-corrected chi connectivity index (χ4v) is 7.79. The van der Waals surface area contributed by atoms with E-state index in [0.717, 1.165) is 44.9 Å². The molecule has 4 aliphatic rings. The first kappa shape index (κ1) is 37.2. The number of fused-ring (bicyclic) bond motifs is 3. The summed E-state index contributed by atoms with van der Waals surface area (Å²) in [7, 11) is 3.96.